The Balaban J connectivity index is 0.00000364. The lowest BCUT2D eigenvalue weighted by Gasteiger charge is -2.35. The molecular formula is C18H28F3IN4O. The normalized spacial score (nSPS) is 17.1. The van der Waals surface area contributed by atoms with Crippen LogP contribution in [0.3, 0.4) is 0 Å². The van der Waals surface area contributed by atoms with Crippen LogP contribution in [0, 0.1) is 6.92 Å². The van der Waals surface area contributed by atoms with E-state index in [9.17, 15) is 13.2 Å². The van der Waals surface area contributed by atoms with E-state index in [1.54, 1.807) is 7.05 Å². The second-order valence-corrected chi connectivity index (χ2v) is 6.32. The van der Waals surface area contributed by atoms with Crippen molar-refractivity contribution in [3.63, 3.8) is 0 Å². The number of morpholine rings is 1. The zero-order valence-corrected chi connectivity index (χ0v) is 18.0. The molecule has 1 unspecified atom stereocenters. The monoisotopic (exact) mass is 500 g/mol. The topological polar surface area (TPSA) is 48.9 Å². The lowest BCUT2D eigenvalue weighted by molar-refractivity contribution is -0.132. The molecule has 1 aliphatic heterocycles. The number of ether oxygens (including phenoxy) is 1. The van der Waals surface area contributed by atoms with Crippen molar-refractivity contribution in [3.8, 4) is 0 Å². The lowest BCUT2D eigenvalue weighted by Crippen LogP contribution is -2.46. The molecule has 1 saturated heterocycles. The smallest absolute Gasteiger partial charge is 0.379 e. The van der Waals surface area contributed by atoms with Crippen LogP contribution in [0.4, 0.5) is 13.2 Å². The molecule has 154 valence electrons. The highest BCUT2D eigenvalue weighted by molar-refractivity contribution is 14.0. The van der Waals surface area contributed by atoms with Crippen LogP contribution in [0.25, 0.3) is 0 Å². The van der Waals surface area contributed by atoms with Crippen molar-refractivity contribution < 1.29 is 17.9 Å². The summed E-state index contributed by atoms with van der Waals surface area (Å²) in [5.74, 6) is 0.375. The molecule has 27 heavy (non-hydrogen) atoms. The second-order valence-electron chi connectivity index (χ2n) is 6.32. The Labute approximate surface area is 175 Å². The summed E-state index contributed by atoms with van der Waals surface area (Å²) in [5, 5.41) is 5.88. The fourth-order valence-electron chi connectivity index (χ4n) is 2.87. The zero-order chi connectivity index (χ0) is 19.0. The minimum atomic E-state index is -4.18. The first-order valence-corrected chi connectivity index (χ1v) is 8.78. The lowest BCUT2D eigenvalue weighted by atomic mass is 10.0. The van der Waals surface area contributed by atoms with Gasteiger partial charge in [0.25, 0.3) is 0 Å². The van der Waals surface area contributed by atoms with Crippen LogP contribution >= 0.6 is 24.0 Å². The van der Waals surface area contributed by atoms with E-state index in [-0.39, 0.29) is 36.6 Å². The minimum Gasteiger partial charge on any atom is -0.379 e. The fraction of sp³-hybridized carbons (Fsp3) is 0.611. The van der Waals surface area contributed by atoms with Gasteiger partial charge >= 0.3 is 6.18 Å². The first kappa shape index (κ1) is 24.0. The van der Waals surface area contributed by atoms with Gasteiger partial charge in [-0.1, -0.05) is 29.8 Å². The molecule has 1 atom stereocenters. The summed E-state index contributed by atoms with van der Waals surface area (Å²) in [4.78, 5) is 6.34. The van der Waals surface area contributed by atoms with Crippen molar-refractivity contribution in [2.45, 2.75) is 25.6 Å². The summed E-state index contributed by atoms with van der Waals surface area (Å²) in [7, 11) is 1.55. The standard InChI is InChI=1S/C18H27F3N4O.HI/c1-14-3-5-15(6-4-14)16(25-9-11-26-12-10-25)13-24-17(22-2)23-8-7-18(19,20)21;/h3-6,16H,7-13H2,1-2H3,(H2,22,23,24);1H. The predicted octanol–water partition coefficient (Wildman–Crippen LogP) is 3.10. The molecule has 5 nitrogen and oxygen atoms in total. The number of aliphatic imine (C=N–C) groups is 1. The molecule has 1 aromatic carbocycles. The number of alkyl halides is 3. The molecule has 1 aromatic rings. The van der Waals surface area contributed by atoms with Crippen LogP contribution in [-0.2, 0) is 4.74 Å². The largest absolute Gasteiger partial charge is 0.390 e. The molecule has 1 heterocycles. The second kappa shape index (κ2) is 11.7. The van der Waals surface area contributed by atoms with Crippen molar-refractivity contribution in [2.75, 3.05) is 46.4 Å². The maximum atomic E-state index is 12.3. The van der Waals surface area contributed by atoms with Gasteiger partial charge in [0.05, 0.1) is 25.7 Å². The molecule has 2 N–H and O–H groups in total. The number of hydrogen-bond acceptors (Lipinski definition) is 3. The maximum Gasteiger partial charge on any atom is 0.390 e. The highest BCUT2D eigenvalue weighted by atomic mass is 127. The van der Waals surface area contributed by atoms with Crippen molar-refractivity contribution in [1.82, 2.24) is 15.5 Å². The highest BCUT2D eigenvalue weighted by Gasteiger charge is 2.26. The van der Waals surface area contributed by atoms with Crippen LogP contribution in [0.5, 0.6) is 0 Å². The number of nitrogens with one attached hydrogen (secondary N) is 2. The van der Waals surface area contributed by atoms with Crippen LogP contribution < -0.4 is 10.6 Å². The maximum absolute atomic E-state index is 12.3. The molecule has 0 spiro atoms. The minimum absolute atomic E-state index is 0. The molecule has 9 heteroatoms. The van der Waals surface area contributed by atoms with E-state index in [1.807, 2.05) is 6.92 Å². The Kier molecular flexibility index (Phi) is 10.4. The molecule has 1 fully saturated rings. The van der Waals surface area contributed by atoms with Gasteiger partial charge in [0.15, 0.2) is 5.96 Å². The zero-order valence-electron chi connectivity index (χ0n) is 15.7. The quantitative estimate of drug-likeness (QED) is 0.358. The van der Waals surface area contributed by atoms with Gasteiger partial charge < -0.3 is 15.4 Å². The Morgan fingerprint density at radius 1 is 1.19 bits per heavy atom. The van der Waals surface area contributed by atoms with E-state index in [1.165, 1.54) is 5.56 Å². The van der Waals surface area contributed by atoms with Crippen molar-refractivity contribution in [2.24, 2.45) is 4.99 Å². The molecule has 0 aromatic heterocycles. The third-order valence-corrected chi connectivity index (χ3v) is 4.34. The van der Waals surface area contributed by atoms with Crippen molar-refractivity contribution in [1.29, 1.82) is 0 Å². The number of benzene rings is 1. The number of aryl methyl sites for hydroxylation is 1. The summed E-state index contributed by atoms with van der Waals surface area (Å²) < 4.78 is 42.3. The SMILES string of the molecule is CN=C(NCCC(F)(F)F)NCC(c1ccc(C)cc1)N1CCOCC1.I. The van der Waals surface area contributed by atoms with Crippen LogP contribution in [0.15, 0.2) is 29.3 Å². The Morgan fingerprint density at radius 3 is 2.37 bits per heavy atom. The molecule has 1 aliphatic rings. The van der Waals surface area contributed by atoms with E-state index < -0.39 is 12.6 Å². The highest BCUT2D eigenvalue weighted by Crippen LogP contribution is 2.22. The van der Waals surface area contributed by atoms with Gasteiger partial charge in [-0.15, -0.1) is 24.0 Å². The van der Waals surface area contributed by atoms with Gasteiger partial charge in [0.1, 0.15) is 0 Å². The summed E-state index contributed by atoms with van der Waals surface area (Å²) in [5.41, 5.74) is 2.35. The summed E-state index contributed by atoms with van der Waals surface area (Å²) >= 11 is 0. The van der Waals surface area contributed by atoms with Crippen LogP contribution in [0.1, 0.15) is 23.6 Å². The first-order chi connectivity index (χ1) is 12.4. The van der Waals surface area contributed by atoms with Gasteiger partial charge in [0.2, 0.25) is 0 Å². The number of guanidine groups is 1. The third-order valence-electron chi connectivity index (χ3n) is 4.34. The summed E-state index contributed by atoms with van der Waals surface area (Å²) in [6.07, 6.45) is -5.07. The van der Waals surface area contributed by atoms with Crippen molar-refractivity contribution >= 4 is 29.9 Å². The van der Waals surface area contributed by atoms with Crippen LogP contribution in [-0.4, -0.2) is 63.5 Å². The molecule has 0 radical (unpaired) electrons. The molecule has 0 aliphatic carbocycles. The Bertz CT molecular complexity index is 575. The van der Waals surface area contributed by atoms with Gasteiger partial charge in [-0.3, -0.25) is 9.89 Å². The van der Waals surface area contributed by atoms with Crippen LogP contribution in [0.2, 0.25) is 0 Å². The number of hydrogen-bond donors (Lipinski definition) is 2. The molecule has 2 rings (SSSR count). The van der Waals surface area contributed by atoms with Gasteiger partial charge in [-0.05, 0) is 12.5 Å². The molecule has 0 bridgehead atoms. The van der Waals surface area contributed by atoms with E-state index in [0.29, 0.717) is 25.7 Å². The molecular weight excluding hydrogens is 472 g/mol. The first-order valence-electron chi connectivity index (χ1n) is 8.78. The van der Waals surface area contributed by atoms with E-state index in [4.69, 9.17) is 4.74 Å². The average Bonchev–Trinajstić information content (AvgIpc) is 2.61. The summed E-state index contributed by atoms with van der Waals surface area (Å²) in [6, 6.07) is 8.42. The van der Waals surface area contributed by atoms with E-state index in [2.05, 4.69) is 44.8 Å². The number of nitrogens with zero attached hydrogens (tertiary/aromatic N) is 2. The van der Waals surface area contributed by atoms with E-state index in [0.717, 1.165) is 18.7 Å². The molecule has 0 saturated carbocycles. The van der Waals surface area contributed by atoms with E-state index >= 15 is 0 Å². The third kappa shape index (κ3) is 8.65. The van der Waals surface area contributed by atoms with Gasteiger partial charge in [-0.25, -0.2) is 0 Å². The number of rotatable bonds is 6. The Morgan fingerprint density at radius 2 is 1.81 bits per heavy atom. The summed E-state index contributed by atoms with van der Waals surface area (Å²) in [6.45, 7) is 5.39. The van der Waals surface area contributed by atoms with Gasteiger partial charge in [-0.2, -0.15) is 13.2 Å². The van der Waals surface area contributed by atoms with Gasteiger partial charge in [0, 0.05) is 33.2 Å². The fourth-order valence-corrected chi connectivity index (χ4v) is 2.87. The Hall–Kier alpha value is -1.07. The average molecular weight is 500 g/mol. The van der Waals surface area contributed by atoms with Crippen molar-refractivity contribution in [3.05, 3.63) is 35.4 Å². The predicted molar refractivity (Wildman–Crippen MR) is 112 cm³/mol. The molecule has 0 amide bonds. The number of halogens is 4.